The third kappa shape index (κ3) is 3.58. The van der Waals surface area contributed by atoms with Gasteiger partial charge in [-0.15, -0.1) is 18.3 Å². The van der Waals surface area contributed by atoms with Crippen LogP contribution in [0.4, 0.5) is 5.82 Å². The topological polar surface area (TPSA) is 49.2 Å². The van der Waals surface area contributed by atoms with Gasteiger partial charge in [-0.25, -0.2) is 4.98 Å². The molecule has 2 aliphatic heterocycles. The molecule has 0 aliphatic carbocycles. The molecule has 0 bridgehead atoms. The van der Waals surface area contributed by atoms with Crippen LogP contribution in [-0.2, 0) is 16.9 Å². The molecule has 1 fully saturated rings. The lowest BCUT2D eigenvalue weighted by Crippen LogP contribution is -2.38. The summed E-state index contributed by atoms with van der Waals surface area (Å²) in [4.78, 5) is 7.24. The van der Waals surface area contributed by atoms with Crippen molar-refractivity contribution in [3.8, 4) is 6.07 Å². The number of rotatable bonds is 4. The molecule has 0 atom stereocenters. The minimum Gasteiger partial charge on any atom is -0.378 e. The van der Waals surface area contributed by atoms with E-state index >= 15 is 0 Å². The zero-order chi connectivity index (χ0) is 17.2. The van der Waals surface area contributed by atoms with E-state index in [2.05, 4.69) is 31.4 Å². The second kappa shape index (κ2) is 7.38. The fourth-order valence-electron chi connectivity index (χ4n) is 3.12. The molecule has 1 aromatic heterocycles. The Labute approximate surface area is 152 Å². The smallest absolute Gasteiger partial charge is 0.134 e. The lowest BCUT2D eigenvalue weighted by molar-refractivity contribution is 0.122. The maximum Gasteiger partial charge on any atom is 0.134 e. The summed E-state index contributed by atoms with van der Waals surface area (Å²) in [6, 6.07) is 2.43. The second-order valence-electron chi connectivity index (χ2n) is 6.61. The molecule has 0 amide bonds. The highest BCUT2D eigenvalue weighted by atomic mass is 32.2. The van der Waals surface area contributed by atoms with Crippen LogP contribution in [0.3, 0.4) is 0 Å². The van der Waals surface area contributed by atoms with Gasteiger partial charge in [0.05, 0.1) is 18.8 Å². The van der Waals surface area contributed by atoms with Gasteiger partial charge in [0, 0.05) is 34.9 Å². The number of ether oxygens (including phenoxy) is 1. The first kappa shape index (κ1) is 17.7. The zero-order valence-corrected chi connectivity index (χ0v) is 15.9. The van der Waals surface area contributed by atoms with E-state index in [4.69, 9.17) is 9.72 Å². The van der Waals surface area contributed by atoms with Crippen molar-refractivity contribution in [2.45, 2.75) is 35.8 Å². The van der Waals surface area contributed by atoms with Gasteiger partial charge in [-0.3, -0.25) is 0 Å². The van der Waals surface area contributed by atoms with Crippen molar-refractivity contribution >= 4 is 29.3 Å². The van der Waals surface area contributed by atoms with Gasteiger partial charge in [0.2, 0.25) is 0 Å². The summed E-state index contributed by atoms with van der Waals surface area (Å²) in [6.45, 7) is 11.5. The highest BCUT2D eigenvalue weighted by molar-refractivity contribution is 8.00. The number of hydrogen-bond donors (Lipinski definition) is 0. The monoisotopic (exact) mass is 361 g/mol. The number of nitrogens with zero attached hydrogens (tertiary/aromatic N) is 3. The van der Waals surface area contributed by atoms with Crippen LogP contribution in [0.15, 0.2) is 17.7 Å². The number of nitriles is 1. The van der Waals surface area contributed by atoms with Gasteiger partial charge in [-0.1, -0.05) is 19.9 Å². The molecule has 24 heavy (non-hydrogen) atoms. The highest BCUT2D eigenvalue weighted by Crippen LogP contribution is 2.44. The van der Waals surface area contributed by atoms with E-state index < -0.39 is 0 Å². The Kier molecular flexibility index (Phi) is 5.43. The first-order chi connectivity index (χ1) is 11.6. The van der Waals surface area contributed by atoms with Crippen molar-refractivity contribution in [2.24, 2.45) is 0 Å². The van der Waals surface area contributed by atoms with E-state index in [9.17, 15) is 5.26 Å². The second-order valence-corrected chi connectivity index (χ2v) is 9.30. The SMILES string of the molecule is C=CCSc1nc(N2CCOCC2)c2c(c1C#N)CC(C)(C)SC2. The van der Waals surface area contributed by atoms with Crippen LogP contribution in [0.5, 0.6) is 0 Å². The van der Waals surface area contributed by atoms with E-state index in [0.29, 0.717) is 0 Å². The number of thioether (sulfide) groups is 2. The summed E-state index contributed by atoms with van der Waals surface area (Å²) < 4.78 is 5.65. The molecule has 0 spiro atoms. The van der Waals surface area contributed by atoms with Crippen molar-refractivity contribution in [1.29, 1.82) is 5.26 Å². The molecule has 1 aromatic rings. The Bertz CT molecular complexity index is 676. The van der Waals surface area contributed by atoms with Crippen LogP contribution in [0, 0.1) is 11.3 Å². The maximum atomic E-state index is 9.78. The molecule has 6 heteroatoms. The molecule has 0 unspecified atom stereocenters. The predicted octanol–water partition coefficient (Wildman–Crippen LogP) is 3.64. The maximum absolute atomic E-state index is 9.78. The number of morpholine rings is 1. The third-order valence-corrected chi connectivity index (χ3v) is 6.66. The van der Waals surface area contributed by atoms with Crippen molar-refractivity contribution in [3.63, 3.8) is 0 Å². The Morgan fingerprint density at radius 1 is 1.42 bits per heavy atom. The van der Waals surface area contributed by atoms with Gasteiger partial charge in [-0.05, 0) is 12.0 Å². The molecule has 2 aliphatic rings. The van der Waals surface area contributed by atoms with Crippen molar-refractivity contribution in [2.75, 3.05) is 37.0 Å². The van der Waals surface area contributed by atoms with Crippen LogP contribution in [-0.4, -0.2) is 41.8 Å². The van der Waals surface area contributed by atoms with E-state index in [-0.39, 0.29) is 4.75 Å². The fourth-order valence-corrected chi connectivity index (χ4v) is 4.94. The molecule has 1 saturated heterocycles. The van der Waals surface area contributed by atoms with Gasteiger partial charge < -0.3 is 9.64 Å². The van der Waals surface area contributed by atoms with Gasteiger partial charge in [0.1, 0.15) is 16.9 Å². The average molecular weight is 362 g/mol. The van der Waals surface area contributed by atoms with Crippen molar-refractivity contribution in [1.82, 2.24) is 4.98 Å². The standard InChI is InChI=1S/C18H23N3OS2/c1-4-9-23-17-14(11-19)13-10-18(2,3)24-12-15(13)16(20-17)21-5-7-22-8-6-21/h4H,1,5-10,12H2,2-3H3. The van der Waals surface area contributed by atoms with Gasteiger partial charge >= 0.3 is 0 Å². The Morgan fingerprint density at radius 3 is 2.83 bits per heavy atom. The third-order valence-electron chi connectivity index (χ3n) is 4.33. The number of pyridine rings is 1. The van der Waals surface area contributed by atoms with E-state index in [1.807, 2.05) is 17.8 Å². The quantitative estimate of drug-likeness (QED) is 0.603. The number of anilines is 1. The van der Waals surface area contributed by atoms with Crippen LogP contribution in [0.1, 0.15) is 30.5 Å². The molecule has 3 rings (SSSR count). The molecule has 0 saturated carbocycles. The largest absolute Gasteiger partial charge is 0.378 e. The van der Waals surface area contributed by atoms with Crippen LogP contribution in [0.2, 0.25) is 0 Å². The van der Waals surface area contributed by atoms with Crippen molar-refractivity contribution < 1.29 is 4.74 Å². The average Bonchev–Trinajstić information content (AvgIpc) is 2.58. The number of fused-ring (bicyclic) bond motifs is 1. The Morgan fingerprint density at radius 2 is 2.17 bits per heavy atom. The molecule has 128 valence electrons. The summed E-state index contributed by atoms with van der Waals surface area (Å²) in [5.41, 5.74) is 3.22. The molecule has 0 radical (unpaired) electrons. The normalized spacial score (nSPS) is 19.5. The summed E-state index contributed by atoms with van der Waals surface area (Å²) in [5, 5.41) is 10.6. The lowest BCUT2D eigenvalue weighted by Gasteiger charge is -2.36. The van der Waals surface area contributed by atoms with Gasteiger partial charge in [-0.2, -0.15) is 17.0 Å². The molecule has 3 heterocycles. The van der Waals surface area contributed by atoms with E-state index in [1.165, 1.54) is 11.1 Å². The Balaban J connectivity index is 2.11. The molecule has 4 nitrogen and oxygen atoms in total. The van der Waals surface area contributed by atoms with Gasteiger partial charge in [0.15, 0.2) is 0 Å². The van der Waals surface area contributed by atoms with Crippen LogP contribution >= 0.6 is 23.5 Å². The van der Waals surface area contributed by atoms with Crippen molar-refractivity contribution in [3.05, 3.63) is 29.3 Å². The van der Waals surface area contributed by atoms with Crippen LogP contribution < -0.4 is 4.90 Å². The number of hydrogen-bond acceptors (Lipinski definition) is 6. The minimum atomic E-state index is 0.155. The molecular formula is C18H23N3OS2. The summed E-state index contributed by atoms with van der Waals surface area (Å²) >= 11 is 3.56. The predicted molar refractivity (Wildman–Crippen MR) is 102 cm³/mol. The molecular weight excluding hydrogens is 338 g/mol. The highest BCUT2D eigenvalue weighted by Gasteiger charge is 2.33. The zero-order valence-electron chi connectivity index (χ0n) is 14.3. The molecule has 0 N–H and O–H groups in total. The Hall–Kier alpha value is -1.16. The van der Waals surface area contributed by atoms with E-state index in [1.54, 1.807) is 11.8 Å². The fraction of sp³-hybridized carbons (Fsp3) is 0.556. The first-order valence-corrected chi connectivity index (χ1v) is 10.2. The number of aromatic nitrogens is 1. The van der Waals surface area contributed by atoms with E-state index in [0.717, 1.165) is 60.6 Å². The minimum absolute atomic E-state index is 0.155. The van der Waals surface area contributed by atoms with Crippen LogP contribution in [0.25, 0.3) is 0 Å². The van der Waals surface area contributed by atoms with Gasteiger partial charge in [0.25, 0.3) is 0 Å². The summed E-state index contributed by atoms with van der Waals surface area (Å²) in [7, 11) is 0. The molecule has 0 aromatic carbocycles. The summed E-state index contributed by atoms with van der Waals surface area (Å²) in [5.74, 6) is 2.74. The summed E-state index contributed by atoms with van der Waals surface area (Å²) in [6.07, 6.45) is 2.78. The first-order valence-electron chi connectivity index (χ1n) is 8.22. The lowest BCUT2D eigenvalue weighted by atomic mass is 9.94.